The Bertz CT molecular complexity index is 679. The van der Waals surface area contributed by atoms with Gasteiger partial charge in [-0.25, -0.2) is 9.97 Å². The monoisotopic (exact) mass is 351 g/mol. The van der Waals surface area contributed by atoms with Crippen LogP contribution in [0, 0.1) is 0 Å². The summed E-state index contributed by atoms with van der Waals surface area (Å²) in [5.74, 6) is 0.198. The predicted molar refractivity (Wildman–Crippen MR) is 92.0 cm³/mol. The van der Waals surface area contributed by atoms with Gasteiger partial charge >= 0.3 is 0 Å². The van der Waals surface area contributed by atoms with E-state index in [4.69, 9.17) is 17.3 Å². The maximum absolute atomic E-state index is 11.2. The van der Waals surface area contributed by atoms with Gasteiger partial charge in [-0.1, -0.05) is 11.6 Å². The molecule has 0 saturated carbocycles. The van der Waals surface area contributed by atoms with Gasteiger partial charge in [-0.2, -0.15) is 0 Å². The summed E-state index contributed by atoms with van der Waals surface area (Å²) in [4.78, 5) is 24.4. The number of hydrogen-bond acceptors (Lipinski definition) is 6. The Hall–Kier alpha value is -1.70. The van der Waals surface area contributed by atoms with E-state index in [0.717, 1.165) is 44.8 Å². The van der Waals surface area contributed by atoms with Crippen molar-refractivity contribution in [1.82, 2.24) is 14.9 Å². The fourth-order valence-electron chi connectivity index (χ4n) is 2.68. The first-order valence-electron chi connectivity index (χ1n) is 7.43. The predicted octanol–water partition coefficient (Wildman–Crippen LogP) is 2.00. The molecular formula is C15H18ClN5OS. The third kappa shape index (κ3) is 3.99. The zero-order valence-corrected chi connectivity index (χ0v) is 14.2. The number of thiazole rings is 1. The minimum atomic E-state index is -0.517. The van der Waals surface area contributed by atoms with Crippen LogP contribution in [0.5, 0.6) is 0 Å². The zero-order chi connectivity index (χ0) is 16.2. The Morgan fingerprint density at radius 2 is 2.17 bits per heavy atom. The molecule has 2 N–H and O–H groups in total. The van der Waals surface area contributed by atoms with Gasteiger partial charge in [0.1, 0.15) is 5.82 Å². The molecule has 122 valence electrons. The third-order valence-electron chi connectivity index (χ3n) is 3.86. The fraction of sp³-hybridized carbons (Fsp3) is 0.400. The number of rotatable bonds is 4. The van der Waals surface area contributed by atoms with Crippen molar-refractivity contribution >= 4 is 34.7 Å². The first-order chi connectivity index (χ1) is 11.1. The molecule has 3 heterocycles. The molecule has 1 fully saturated rings. The van der Waals surface area contributed by atoms with Crippen molar-refractivity contribution in [3.05, 3.63) is 39.4 Å². The van der Waals surface area contributed by atoms with Crippen LogP contribution in [0.4, 0.5) is 5.82 Å². The number of aromatic nitrogens is 2. The number of amides is 1. The van der Waals surface area contributed by atoms with E-state index in [9.17, 15) is 4.79 Å². The lowest BCUT2D eigenvalue weighted by molar-refractivity contribution is 0.1000. The van der Waals surface area contributed by atoms with E-state index in [1.807, 2.05) is 5.51 Å². The molecule has 3 rings (SSSR count). The van der Waals surface area contributed by atoms with Crippen LogP contribution in [0.15, 0.2) is 23.2 Å². The summed E-state index contributed by atoms with van der Waals surface area (Å²) in [5.41, 5.74) is 8.57. The maximum Gasteiger partial charge on any atom is 0.250 e. The van der Waals surface area contributed by atoms with Gasteiger partial charge in [0.05, 0.1) is 21.8 Å². The highest BCUT2D eigenvalue weighted by Gasteiger charge is 2.19. The van der Waals surface area contributed by atoms with Crippen molar-refractivity contribution in [1.29, 1.82) is 0 Å². The Morgan fingerprint density at radius 1 is 1.30 bits per heavy atom. The number of anilines is 1. The number of carbonyl (C=O) groups is 1. The number of nitrogens with two attached hydrogens (primary N) is 1. The highest BCUT2D eigenvalue weighted by atomic mass is 35.5. The molecule has 1 saturated heterocycles. The number of hydrogen-bond donors (Lipinski definition) is 1. The molecule has 0 unspecified atom stereocenters. The van der Waals surface area contributed by atoms with Crippen LogP contribution in [-0.2, 0) is 6.54 Å². The summed E-state index contributed by atoms with van der Waals surface area (Å²) in [6, 6.07) is 1.59. The second-order valence-electron chi connectivity index (χ2n) is 5.49. The molecule has 0 radical (unpaired) electrons. The van der Waals surface area contributed by atoms with Crippen molar-refractivity contribution in [3.63, 3.8) is 0 Å². The zero-order valence-electron chi connectivity index (χ0n) is 12.6. The summed E-state index contributed by atoms with van der Waals surface area (Å²) >= 11 is 7.90. The van der Waals surface area contributed by atoms with E-state index >= 15 is 0 Å². The molecule has 0 bridgehead atoms. The van der Waals surface area contributed by atoms with Crippen LogP contribution in [-0.4, -0.2) is 47.0 Å². The number of carbonyl (C=O) groups excluding carboxylic acids is 1. The van der Waals surface area contributed by atoms with Crippen molar-refractivity contribution in [2.75, 3.05) is 31.1 Å². The minimum Gasteiger partial charge on any atom is -0.366 e. The van der Waals surface area contributed by atoms with Gasteiger partial charge in [0.25, 0.3) is 0 Å². The molecule has 0 aliphatic carbocycles. The number of primary amides is 1. The second-order valence-corrected chi connectivity index (χ2v) is 6.62. The largest absolute Gasteiger partial charge is 0.366 e. The molecule has 23 heavy (non-hydrogen) atoms. The van der Waals surface area contributed by atoms with Crippen LogP contribution < -0.4 is 10.6 Å². The first kappa shape index (κ1) is 16.2. The molecule has 1 amide bonds. The van der Waals surface area contributed by atoms with Gasteiger partial charge in [0, 0.05) is 44.3 Å². The van der Waals surface area contributed by atoms with Crippen molar-refractivity contribution in [3.8, 4) is 0 Å². The van der Waals surface area contributed by atoms with Gasteiger partial charge in [0.15, 0.2) is 0 Å². The van der Waals surface area contributed by atoms with E-state index < -0.39 is 5.91 Å². The molecule has 2 aromatic rings. The molecule has 0 spiro atoms. The summed E-state index contributed by atoms with van der Waals surface area (Å²) in [5, 5.41) is 2.55. The third-order valence-corrected chi connectivity index (χ3v) is 4.78. The van der Waals surface area contributed by atoms with E-state index in [1.54, 1.807) is 17.4 Å². The van der Waals surface area contributed by atoms with Gasteiger partial charge in [-0.15, -0.1) is 11.3 Å². The average Bonchev–Trinajstić information content (AvgIpc) is 2.92. The standard InChI is InChI=1S/C15H18ClN5OS/c16-13-6-11(14(17)22)7-18-15(13)21-3-1-2-20(4-5-21)8-12-9-23-10-19-12/h6-7,9-10H,1-5,8H2,(H2,17,22). The van der Waals surface area contributed by atoms with Crippen molar-refractivity contribution in [2.45, 2.75) is 13.0 Å². The van der Waals surface area contributed by atoms with Gasteiger partial charge in [-0.3, -0.25) is 9.69 Å². The van der Waals surface area contributed by atoms with E-state index in [0.29, 0.717) is 16.4 Å². The Balaban J connectivity index is 1.67. The normalized spacial score (nSPS) is 16.3. The molecule has 1 aliphatic rings. The van der Waals surface area contributed by atoms with E-state index in [2.05, 4.69) is 25.1 Å². The topological polar surface area (TPSA) is 75.4 Å². The van der Waals surface area contributed by atoms with E-state index in [-0.39, 0.29) is 0 Å². The number of pyridine rings is 1. The average molecular weight is 352 g/mol. The smallest absolute Gasteiger partial charge is 0.250 e. The minimum absolute atomic E-state index is 0.332. The molecule has 1 aliphatic heterocycles. The van der Waals surface area contributed by atoms with Crippen LogP contribution in [0.1, 0.15) is 22.5 Å². The van der Waals surface area contributed by atoms with Gasteiger partial charge in [0.2, 0.25) is 5.91 Å². The summed E-state index contributed by atoms with van der Waals surface area (Å²) < 4.78 is 0. The lowest BCUT2D eigenvalue weighted by atomic mass is 10.2. The molecule has 6 nitrogen and oxygen atoms in total. The maximum atomic E-state index is 11.2. The number of halogens is 1. The SMILES string of the molecule is NC(=O)c1cnc(N2CCCN(Cc3cscn3)CC2)c(Cl)c1. The Labute approximate surface area is 143 Å². The van der Waals surface area contributed by atoms with E-state index in [1.165, 1.54) is 6.20 Å². The quantitative estimate of drug-likeness (QED) is 0.911. The lowest BCUT2D eigenvalue weighted by Gasteiger charge is -2.23. The van der Waals surface area contributed by atoms with Crippen LogP contribution in [0.25, 0.3) is 0 Å². The van der Waals surface area contributed by atoms with Crippen LogP contribution in [0.2, 0.25) is 5.02 Å². The molecular weight excluding hydrogens is 334 g/mol. The Morgan fingerprint density at radius 3 is 2.87 bits per heavy atom. The summed E-state index contributed by atoms with van der Waals surface area (Å²) in [7, 11) is 0. The second kappa shape index (κ2) is 7.25. The highest BCUT2D eigenvalue weighted by Crippen LogP contribution is 2.25. The first-order valence-corrected chi connectivity index (χ1v) is 8.75. The van der Waals surface area contributed by atoms with Crippen molar-refractivity contribution < 1.29 is 4.79 Å². The molecule has 0 atom stereocenters. The highest BCUT2D eigenvalue weighted by molar-refractivity contribution is 7.07. The molecule has 8 heteroatoms. The molecule has 2 aromatic heterocycles. The van der Waals surface area contributed by atoms with Crippen LogP contribution >= 0.6 is 22.9 Å². The summed E-state index contributed by atoms with van der Waals surface area (Å²) in [6.07, 6.45) is 2.52. The van der Waals surface area contributed by atoms with Gasteiger partial charge in [-0.05, 0) is 12.5 Å². The summed E-state index contributed by atoms with van der Waals surface area (Å²) in [6.45, 7) is 4.54. The lowest BCUT2D eigenvalue weighted by Crippen LogP contribution is -2.31. The fourth-order valence-corrected chi connectivity index (χ4v) is 3.52. The Kier molecular flexibility index (Phi) is 5.09. The van der Waals surface area contributed by atoms with Crippen molar-refractivity contribution in [2.24, 2.45) is 5.73 Å². The number of nitrogens with zero attached hydrogens (tertiary/aromatic N) is 4. The molecule has 0 aromatic carbocycles. The van der Waals surface area contributed by atoms with Crippen LogP contribution in [0.3, 0.4) is 0 Å². The van der Waals surface area contributed by atoms with Gasteiger partial charge < -0.3 is 10.6 Å².